The molecule has 2 aromatic carbocycles. The molecule has 0 radical (unpaired) electrons. The summed E-state index contributed by atoms with van der Waals surface area (Å²) in [5.41, 5.74) is 8.40. The summed E-state index contributed by atoms with van der Waals surface area (Å²) in [4.78, 5) is 26.5. The van der Waals surface area contributed by atoms with Crippen molar-refractivity contribution >= 4 is 40.1 Å². The first-order valence-electron chi connectivity index (χ1n) is 10.2. The second kappa shape index (κ2) is 10.8. The molecule has 31 heavy (non-hydrogen) atoms. The van der Waals surface area contributed by atoms with E-state index in [9.17, 15) is 9.59 Å². The summed E-state index contributed by atoms with van der Waals surface area (Å²) in [6.07, 6.45) is 2.88. The summed E-state index contributed by atoms with van der Waals surface area (Å²) < 4.78 is 5.12. The lowest BCUT2D eigenvalue weighted by atomic mass is 10.1. The number of nitrogens with two attached hydrogens (primary N) is 1. The van der Waals surface area contributed by atoms with E-state index in [0.29, 0.717) is 11.4 Å². The van der Waals surface area contributed by atoms with Gasteiger partial charge < -0.3 is 10.5 Å². The Labute approximate surface area is 186 Å². The molecule has 1 atom stereocenters. The predicted octanol–water partition coefficient (Wildman–Crippen LogP) is 3.97. The van der Waals surface area contributed by atoms with Crippen LogP contribution in [0.1, 0.15) is 38.2 Å². The Bertz CT molecular complexity index is 974. The first-order valence-corrected chi connectivity index (χ1v) is 11.0. The number of carbonyl (C=O) groups is 2. The molecule has 8 heteroatoms. The minimum atomic E-state index is -0.621. The van der Waals surface area contributed by atoms with Crippen LogP contribution in [0, 0.1) is 0 Å². The van der Waals surface area contributed by atoms with Crippen molar-refractivity contribution in [1.82, 2.24) is 0 Å². The number of methoxy groups -OCH3 is 1. The van der Waals surface area contributed by atoms with Gasteiger partial charge in [-0.2, -0.15) is 5.10 Å². The normalized spacial score (nSPS) is 17.4. The predicted molar refractivity (Wildman–Crippen MR) is 126 cm³/mol. The highest BCUT2D eigenvalue weighted by Gasteiger charge is 2.40. The van der Waals surface area contributed by atoms with Gasteiger partial charge in [-0.05, 0) is 42.7 Å². The topological polar surface area (TPSA) is 97.3 Å². The average Bonchev–Trinajstić information content (AvgIpc) is 3.07. The number of carbonyl (C=O) groups excluding carboxylic acids is 2. The van der Waals surface area contributed by atoms with E-state index in [1.807, 2.05) is 30.3 Å². The number of hydrogen-bond donors (Lipinski definition) is 1. The van der Waals surface area contributed by atoms with Crippen LogP contribution in [0.4, 0.5) is 5.69 Å². The number of unbranched alkanes of at least 4 members (excludes halogenated alkanes) is 1. The lowest BCUT2D eigenvalue weighted by Crippen LogP contribution is -2.31. The van der Waals surface area contributed by atoms with Crippen molar-refractivity contribution in [3.63, 3.8) is 0 Å². The Kier molecular flexibility index (Phi) is 7.83. The molecule has 0 aliphatic carbocycles. The van der Waals surface area contributed by atoms with Crippen molar-refractivity contribution in [1.29, 1.82) is 0 Å². The molecule has 3 rings (SSSR count). The Hall–Kier alpha value is -3.13. The van der Waals surface area contributed by atoms with Gasteiger partial charge in [-0.25, -0.2) is 4.90 Å². The van der Waals surface area contributed by atoms with Crippen molar-refractivity contribution in [2.75, 3.05) is 12.0 Å². The first kappa shape index (κ1) is 22.6. The highest BCUT2D eigenvalue weighted by Crippen LogP contribution is 2.30. The summed E-state index contributed by atoms with van der Waals surface area (Å²) in [7, 11) is 1.56. The molecule has 0 saturated carbocycles. The summed E-state index contributed by atoms with van der Waals surface area (Å²) in [5.74, 6) is 0.0775. The van der Waals surface area contributed by atoms with E-state index in [1.54, 1.807) is 31.4 Å². The zero-order valence-electron chi connectivity index (χ0n) is 17.7. The summed E-state index contributed by atoms with van der Waals surface area (Å²) in [5, 5.41) is 8.03. The Balaban J connectivity index is 1.72. The quantitative estimate of drug-likeness (QED) is 0.291. The van der Waals surface area contributed by atoms with E-state index >= 15 is 0 Å². The fraction of sp³-hybridized carbons (Fsp3) is 0.304. The van der Waals surface area contributed by atoms with Gasteiger partial charge >= 0.3 is 0 Å². The Morgan fingerprint density at radius 3 is 2.48 bits per heavy atom. The van der Waals surface area contributed by atoms with Gasteiger partial charge in [0.2, 0.25) is 11.8 Å². The van der Waals surface area contributed by atoms with Crippen molar-refractivity contribution < 1.29 is 14.3 Å². The number of amides is 2. The molecule has 1 aliphatic rings. The Morgan fingerprint density at radius 2 is 1.84 bits per heavy atom. The minimum absolute atomic E-state index is 0.0663. The number of anilines is 1. The van der Waals surface area contributed by atoms with Gasteiger partial charge in [-0.1, -0.05) is 55.4 Å². The van der Waals surface area contributed by atoms with E-state index in [0.717, 1.165) is 42.3 Å². The SMILES string of the molecule is CCCC/C(=N\N=C(/N)SC1CC(=O)N(c2ccc(OC)cc2)C1=O)c1ccccc1. The van der Waals surface area contributed by atoms with Gasteiger partial charge in [0, 0.05) is 6.42 Å². The lowest BCUT2D eigenvalue weighted by Gasteiger charge is -2.15. The van der Waals surface area contributed by atoms with Gasteiger partial charge in [0.25, 0.3) is 0 Å². The summed E-state index contributed by atoms with van der Waals surface area (Å²) in [6.45, 7) is 2.12. The van der Waals surface area contributed by atoms with Crippen molar-refractivity contribution in [2.24, 2.45) is 15.9 Å². The van der Waals surface area contributed by atoms with Crippen LogP contribution < -0.4 is 15.4 Å². The highest BCUT2D eigenvalue weighted by molar-refractivity contribution is 8.14. The van der Waals surface area contributed by atoms with E-state index in [1.165, 1.54) is 4.90 Å². The maximum atomic E-state index is 12.8. The molecule has 1 heterocycles. The number of amidine groups is 1. The molecule has 1 unspecified atom stereocenters. The molecular weight excluding hydrogens is 412 g/mol. The molecule has 1 saturated heterocycles. The van der Waals surface area contributed by atoms with Gasteiger partial charge in [-0.15, -0.1) is 5.10 Å². The van der Waals surface area contributed by atoms with Gasteiger partial charge in [0.15, 0.2) is 5.17 Å². The Morgan fingerprint density at radius 1 is 1.13 bits per heavy atom. The maximum absolute atomic E-state index is 12.8. The molecule has 0 aromatic heterocycles. The molecule has 0 bridgehead atoms. The lowest BCUT2D eigenvalue weighted by molar-refractivity contribution is -0.121. The van der Waals surface area contributed by atoms with Gasteiger partial charge in [-0.3, -0.25) is 9.59 Å². The molecular formula is C23H26N4O3S. The fourth-order valence-corrected chi connectivity index (χ4v) is 4.02. The molecule has 0 spiro atoms. The van der Waals surface area contributed by atoms with Crippen LogP contribution >= 0.6 is 11.8 Å². The van der Waals surface area contributed by atoms with Crippen LogP contribution in [0.15, 0.2) is 64.8 Å². The number of hydrogen-bond acceptors (Lipinski definition) is 6. The zero-order chi connectivity index (χ0) is 22.2. The standard InChI is InChI=1S/C23H26N4O3S/c1-3-4-10-19(16-8-6-5-7-9-16)25-26-23(24)31-20-15-21(28)27(22(20)29)17-11-13-18(30-2)14-12-17/h5-9,11-14,20H,3-4,10,15H2,1-2H3,(H2,24,26)/b25-19+. The molecule has 2 amide bonds. The molecule has 1 aliphatic heterocycles. The van der Waals surface area contributed by atoms with E-state index in [4.69, 9.17) is 10.5 Å². The zero-order valence-corrected chi connectivity index (χ0v) is 18.5. The van der Waals surface area contributed by atoms with E-state index < -0.39 is 5.25 Å². The molecule has 1 fully saturated rings. The third-order valence-corrected chi connectivity index (χ3v) is 5.82. The first-order chi connectivity index (χ1) is 15.0. The maximum Gasteiger partial charge on any atom is 0.247 e. The van der Waals surface area contributed by atoms with E-state index in [-0.39, 0.29) is 23.4 Å². The average molecular weight is 439 g/mol. The van der Waals surface area contributed by atoms with Crippen LogP contribution in [0.5, 0.6) is 5.75 Å². The second-order valence-corrected chi connectivity index (χ2v) is 8.25. The van der Waals surface area contributed by atoms with Crippen molar-refractivity contribution in [2.45, 2.75) is 37.9 Å². The monoisotopic (exact) mass is 438 g/mol. The highest BCUT2D eigenvalue weighted by atomic mass is 32.2. The van der Waals surface area contributed by atoms with E-state index in [2.05, 4.69) is 17.1 Å². The molecule has 7 nitrogen and oxygen atoms in total. The smallest absolute Gasteiger partial charge is 0.247 e. The third-order valence-electron chi connectivity index (χ3n) is 4.84. The van der Waals surface area contributed by atoms with Crippen molar-refractivity contribution in [3.8, 4) is 5.75 Å². The van der Waals surface area contributed by atoms with Gasteiger partial charge in [0.05, 0.1) is 18.5 Å². The number of imide groups is 1. The van der Waals surface area contributed by atoms with Crippen molar-refractivity contribution in [3.05, 3.63) is 60.2 Å². The third kappa shape index (κ3) is 5.73. The molecule has 162 valence electrons. The number of nitrogens with zero attached hydrogens (tertiary/aromatic N) is 3. The minimum Gasteiger partial charge on any atom is -0.497 e. The van der Waals surface area contributed by atoms with Crippen LogP contribution in [-0.2, 0) is 9.59 Å². The number of benzene rings is 2. The van der Waals surface area contributed by atoms with Crippen LogP contribution in [0.3, 0.4) is 0 Å². The van der Waals surface area contributed by atoms with Gasteiger partial charge in [0.1, 0.15) is 11.0 Å². The summed E-state index contributed by atoms with van der Waals surface area (Å²) in [6, 6.07) is 16.6. The molecule has 2 aromatic rings. The van der Waals surface area contributed by atoms with Crippen LogP contribution in [0.25, 0.3) is 0 Å². The van der Waals surface area contributed by atoms with Crippen LogP contribution in [-0.4, -0.2) is 35.1 Å². The largest absolute Gasteiger partial charge is 0.497 e. The number of thioether (sulfide) groups is 1. The fourth-order valence-electron chi connectivity index (χ4n) is 3.20. The number of ether oxygens (including phenoxy) is 1. The summed E-state index contributed by atoms with van der Waals surface area (Å²) >= 11 is 1.07. The second-order valence-electron chi connectivity index (χ2n) is 7.03. The van der Waals surface area contributed by atoms with Crippen LogP contribution in [0.2, 0.25) is 0 Å². The number of rotatable bonds is 8. The molecule has 2 N–H and O–H groups in total.